The van der Waals surface area contributed by atoms with Crippen LogP contribution in [0.5, 0.6) is 23.0 Å². The first-order valence-corrected chi connectivity index (χ1v) is 12.7. The molecular weight excluding hydrogens is 529 g/mol. The Morgan fingerprint density at radius 1 is 0.951 bits per heavy atom. The molecule has 5 rings (SSSR count). The standard InChI is InChI=1S/C30H26FN5O5/c1-17(2)36-16-22(18-5-7-19(31)8-6-18)30(38)29(35-36)24(37)13-28-33-14-20(15-34-28)41-25-9-10-32-23-12-27(40-4)26(39-3)11-21(23)25/h5-12,14-17H,13H2,1-4H3. The molecule has 0 N–H and O–H groups in total. The molecule has 0 saturated carbocycles. The average molecular weight is 556 g/mol. The summed E-state index contributed by atoms with van der Waals surface area (Å²) in [4.78, 5) is 39.3. The van der Waals surface area contributed by atoms with Gasteiger partial charge in [-0.25, -0.2) is 14.4 Å². The van der Waals surface area contributed by atoms with E-state index in [0.29, 0.717) is 39.5 Å². The smallest absolute Gasteiger partial charge is 0.219 e. The largest absolute Gasteiger partial charge is 0.493 e. The summed E-state index contributed by atoms with van der Waals surface area (Å²) >= 11 is 0. The first-order chi connectivity index (χ1) is 19.8. The van der Waals surface area contributed by atoms with Gasteiger partial charge in [-0.05, 0) is 43.7 Å². The van der Waals surface area contributed by atoms with Crippen molar-refractivity contribution in [2.24, 2.45) is 0 Å². The van der Waals surface area contributed by atoms with Gasteiger partial charge in [0.1, 0.15) is 17.4 Å². The molecule has 11 heteroatoms. The fourth-order valence-corrected chi connectivity index (χ4v) is 4.17. The lowest BCUT2D eigenvalue weighted by Gasteiger charge is -2.13. The molecule has 0 amide bonds. The van der Waals surface area contributed by atoms with Crippen LogP contribution in [0.4, 0.5) is 4.39 Å². The van der Waals surface area contributed by atoms with E-state index in [1.54, 1.807) is 44.8 Å². The molecule has 0 aliphatic rings. The van der Waals surface area contributed by atoms with Gasteiger partial charge in [-0.2, -0.15) is 5.10 Å². The Labute approximate surface area is 234 Å². The zero-order valence-electron chi connectivity index (χ0n) is 22.8. The first kappa shape index (κ1) is 27.4. The van der Waals surface area contributed by atoms with E-state index in [1.165, 1.54) is 41.3 Å². The number of ketones is 1. The highest BCUT2D eigenvalue weighted by molar-refractivity contribution is 5.96. The molecule has 3 heterocycles. The molecule has 0 spiro atoms. The number of hydrogen-bond donors (Lipinski definition) is 0. The summed E-state index contributed by atoms with van der Waals surface area (Å²) in [6.07, 6.45) is 5.81. The second-order valence-electron chi connectivity index (χ2n) is 9.37. The molecule has 0 saturated heterocycles. The summed E-state index contributed by atoms with van der Waals surface area (Å²) in [5.74, 6) is 1.13. The fourth-order valence-electron chi connectivity index (χ4n) is 4.17. The van der Waals surface area contributed by atoms with Gasteiger partial charge in [0.25, 0.3) is 0 Å². The van der Waals surface area contributed by atoms with Crippen molar-refractivity contribution >= 4 is 16.7 Å². The maximum atomic E-state index is 13.5. The summed E-state index contributed by atoms with van der Waals surface area (Å²) in [5.41, 5.74) is 0.595. The molecule has 10 nitrogen and oxygen atoms in total. The lowest BCUT2D eigenvalue weighted by atomic mass is 10.0. The molecule has 0 atom stereocenters. The number of carbonyl (C=O) groups excluding carboxylic acids is 1. The van der Waals surface area contributed by atoms with Crippen molar-refractivity contribution in [2.45, 2.75) is 26.3 Å². The summed E-state index contributed by atoms with van der Waals surface area (Å²) < 4.78 is 31.7. The number of fused-ring (bicyclic) bond motifs is 1. The predicted molar refractivity (Wildman–Crippen MR) is 149 cm³/mol. The number of rotatable bonds is 9. The summed E-state index contributed by atoms with van der Waals surface area (Å²) in [5, 5.41) is 4.97. The molecule has 0 fully saturated rings. The van der Waals surface area contributed by atoms with Crippen LogP contribution in [0.25, 0.3) is 22.0 Å². The van der Waals surface area contributed by atoms with Crippen molar-refractivity contribution < 1.29 is 23.4 Å². The number of halogens is 1. The summed E-state index contributed by atoms with van der Waals surface area (Å²) in [7, 11) is 3.09. The Morgan fingerprint density at radius 3 is 2.29 bits per heavy atom. The van der Waals surface area contributed by atoms with Crippen LogP contribution in [0.3, 0.4) is 0 Å². The zero-order chi connectivity index (χ0) is 29.1. The van der Waals surface area contributed by atoms with E-state index < -0.39 is 17.0 Å². The van der Waals surface area contributed by atoms with Crippen molar-refractivity contribution in [3.8, 4) is 34.1 Å². The average Bonchev–Trinajstić information content (AvgIpc) is 2.98. The van der Waals surface area contributed by atoms with Crippen molar-refractivity contribution in [3.05, 3.63) is 94.8 Å². The van der Waals surface area contributed by atoms with E-state index >= 15 is 0 Å². The van der Waals surface area contributed by atoms with Crippen molar-refractivity contribution in [2.75, 3.05) is 14.2 Å². The Morgan fingerprint density at radius 2 is 1.63 bits per heavy atom. The van der Waals surface area contributed by atoms with E-state index in [4.69, 9.17) is 14.2 Å². The van der Waals surface area contributed by atoms with Crippen molar-refractivity contribution in [1.29, 1.82) is 0 Å². The number of benzene rings is 2. The van der Waals surface area contributed by atoms with Crippen LogP contribution in [0.1, 0.15) is 36.2 Å². The molecule has 0 radical (unpaired) electrons. The van der Waals surface area contributed by atoms with Crippen LogP contribution in [0, 0.1) is 5.82 Å². The van der Waals surface area contributed by atoms with Gasteiger partial charge in [-0.15, -0.1) is 0 Å². The number of carbonyl (C=O) groups is 1. The number of hydrogen-bond acceptors (Lipinski definition) is 9. The number of aromatic nitrogens is 5. The lowest BCUT2D eigenvalue weighted by Crippen LogP contribution is -2.26. The Balaban J connectivity index is 1.39. The van der Waals surface area contributed by atoms with Crippen LogP contribution in [0.15, 0.2) is 72.0 Å². The highest BCUT2D eigenvalue weighted by atomic mass is 19.1. The maximum Gasteiger partial charge on any atom is 0.219 e. The number of Topliss-reactive ketones (excluding diaryl/α,β-unsaturated/α-hetero) is 1. The van der Waals surface area contributed by atoms with Gasteiger partial charge in [0.2, 0.25) is 5.43 Å². The Kier molecular flexibility index (Phi) is 7.68. The molecule has 2 aromatic carbocycles. The zero-order valence-corrected chi connectivity index (χ0v) is 22.8. The molecule has 0 bridgehead atoms. The first-order valence-electron chi connectivity index (χ1n) is 12.7. The highest BCUT2D eigenvalue weighted by Gasteiger charge is 2.20. The van der Waals surface area contributed by atoms with Gasteiger partial charge < -0.3 is 14.2 Å². The minimum absolute atomic E-state index is 0.126. The minimum Gasteiger partial charge on any atom is -0.493 e. The SMILES string of the molecule is COc1cc2nccc(Oc3cnc(CC(=O)c4nn(C(C)C)cc(-c5ccc(F)cc5)c4=O)nc3)c2cc1OC. The van der Waals surface area contributed by atoms with Crippen LogP contribution in [0.2, 0.25) is 0 Å². The Hall–Kier alpha value is -5.19. The topological polar surface area (TPSA) is 118 Å². The fraction of sp³-hybridized carbons (Fsp3) is 0.200. The molecule has 0 aliphatic heterocycles. The summed E-state index contributed by atoms with van der Waals surface area (Å²) in [6, 6.07) is 10.6. The summed E-state index contributed by atoms with van der Waals surface area (Å²) in [6.45, 7) is 3.75. The number of pyridine rings is 1. The van der Waals surface area contributed by atoms with Gasteiger partial charge >= 0.3 is 0 Å². The monoisotopic (exact) mass is 555 g/mol. The molecule has 3 aromatic heterocycles. The van der Waals surface area contributed by atoms with Gasteiger partial charge in [0.05, 0.1) is 38.6 Å². The third kappa shape index (κ3) is 5.74. The number of ether oxygens (including phenoxy) is 3. The van der Waals surface area contributed by atoms with Gasteiger partial charge in [0.15, 0.2) is 28.7 Å². The third-order valence-electron chi connectivity index (χ3n) is 6.32. The van der Waals surface area contributed by atoms with Gasteiger partial charge in [-0.1, -0.05) is 12.1 Å². The molecule has 41 heavy (non-hydrogen) atoms. The highest BCUT2D eigenvalue weighted by Crippen LogP contribution is 2.36. The Bertz CT molecular complexity index is 1790. The van der Waals surface area contributed by atoms with Gasteiger partial charge in [0, 0.05) is 35.5 Å². The predicted octanol–water partition coefficient (Wildman–Crippen LogP) is 5.20. The molecule has 0 unspecified atom stereocenters. The van der Waals surface area contributed by atoms with E-state index in [9.17, 15) is 14.0 Å². The second kappa shape index (κ2) is 11.5. The van der Waals surface area contributed by atoms with E-state index in [0.717, 1.165) is 0 Å². The molecular formula is C30H26FN5O5. The molecule has 208 valence electrons. The number of methoxy groups -OCH3 is 2. The van der Waals surface area contributed by atoms with E-state index in [1.807, 2.05) is 13.8 Å². The second-order valence-corrected chi connectivity index (χ2v) is 9.37. The molecule has 5 aromatic rings. The van der Waals surface area contributed by atoms with E-state index in [2.05, 4.69) is 20.1 Å². The van der Waals surface area contributed by atoms with Crippen LogP contribution >= 0.6 is 0 Å². The minimum atomic E-state index is -0.546. The normalized spacial score (nSPS) is 11.1. The van der Waals surface area contributed by atoms with E-state index in [-0.39, 0.29) is 29.5 Å². The number of nitrogens with zero attached hydrogens (tertiary/aromatic N) is 5. The molecule has 0 aliphatic carbocycles. The van der Waals surface area contributed by atoms with Crippen LogP contribution < -0.4 is 19.6 Å². The van der Waals surface area contributed by atoms with Crippen LogP contribution in [-0.4, -0.2) is 44.7 Å². The van der Waals surface area contributed by atoms with Gasteiger partial charge in [-0.3, -0.25) is 19.3 Å². The van der Waals surface area contributed by atoms with Crippen LogP contribution in [-0.2, 0) is 6.42 Å². The quantitative estimate of drug-likeness (QED) is 0.226. The van der Waals surface area contributed by atoms with Crippen molar-refractivity contribution in [1.82, 2.24) is 24.7 Å². The maximum absolute atomic E-state index is 13.5. The lowest BCUT2D eigenvalue weighted by molar-refractivity contribution is 0.0982. The van der Waals surface area contributed by atoms with Crippen molar-refractivity contribution in [3.63, 3.8) is 0 Å². The third-order valence-corrected chi connectivity index (χ3v) is 6.32.